The molecular formula is C18H21NO3S. The fraction of sp³-hybridized carbons (Fsp3) is 0.500. The summed E-state index contributed by atoms with van der Waals surface area (Å²) in [6.07, 6.45) is 4.28. The van der Waals surface area contributed by atoms with E-state index in [-0.39, 0.29) is 10.5 Å². The first kappa shape index (κ1) is 15.1. The maximum Gasteiger partial charge on any atom is 0.213 e. The summed E-state index contributed by atoms with van der Waals surface area (Å²) in [7, 11) is 0.827. The van der Waals surface area contributed by atoms with Crippen LogP contribution in [-0.4, -0.2) is 31.9 Å². The maximum atomic E-state index is 12.4. The van der Waals surface area contributed by atoms with Crippen molar-refractivity contribution in [2.24, 2.45) is 0 Å². The van der Waals surface area contributed by atoms with Crippen molar-refractivity contribution in [1.82, 2.24) is 4.98 Å². The average Bonchev–Trinajstić information content (AvgIpc) is 2.55. The third kappa shape index (κ3) is 2.56. The summed E-state index contributed by atoms with van der Waals surface area (Å²) in [5.74, 6) is 0.589. The highest BCUT2D eigenvalue weighted by Crippen LogP contribution is 2.44. The summed E-state index contributed by atoms with van der Waals surface area (Å²) >= 11 is 0. The van der Waals surface area contributed by atoms with Crippen LogP contribution in [0, 0.1) is 0 Å². The Balaban J connectivity index is 1.72. The molecule has 2 aliphatic heterocycles. The fourth-order valence-corrected chi connectivity index (χ4v) is 6.25. The lowest BCUT2D eigenvalue weighted by Crippen LogP contribution is -2.47. The summed E-state index contributed by atoms with van der Waals surface area (Å²) in [5.41, 5.74) is 0.916. The van der Waals surface area contributed by atoms with Crippen molar-refractivity contribution < 1.29 is 14.1 Å². The second-order valence-electron chi connectivity index (χ2n) is 6.70. The van der Waals surface area contributed by atoms with Crippen molar-refractivity contribution in [1.29, 1.82) is 0 Å². The number of nitrogens with zero attached hydrogens (tertiary/aromatic N) is 1. The van der Waals surface area contributed by atoms with Crippen LogP contribution >= 0.6 is 0 Å². The second kappa shape index (κ2) is 5.56. The summed E-state index contributed by atoms with van der Waals surface area (Å²) in [4.78, 5) is 4.42. The second-order valence-corrected chi connectivity index (χ2v) is 8.69. The predicted molar refractivity (Wildman–Crippen MR) is 91.0 cm³/mol. The zero-order valence-electron chi connectivity index (χ0n) is 13.2. The van der Waals surface area contributed by atoms with Gasteiger partial charge in [-0.25, -0.2) is 4.98 Å². The molecule has 0 spiro atoms. The predicted octanol–water partition coefficient (Wildman–Crippen LogP) is 2.89. The first-order chi connectivity index (χ1) is 11.1. The number of rotatable bonds is 2. The Morgan fingerprint density at radius 1 is 1.22 bits per heavy atom. The van der Waals surface area contributed by atoms with Gasteiger partial charge >= 0.3 is 0 Å². The van der Waals surface area contributed by atoms with Gasteiger partial charge in [0.1, 0.15) is 0 Å². The SMILES string of the molecule is COc1ccc2cc(C3(O)CC4CCCC(C3)S4=O)ccc2n1. The molecular weight excluding hydrogens is 310 g/mol. The molecule has 0 aliphatic carbocycles. The normalized spacial score (nSPS) is 33.6. The Kier molecular flexibility index (Phi) is 3.65. The van der Waals surface area contributed by atoms with Crippen molar-refractivity contribution >= 4 is 21.7 Å². The molecule has 2 unspecified atom stereocenters. The molecule has 0 radical (unpaired) electrons. The largest absolute Gasteiger partial charge is 0.481 e. The zero-order chi connectivity index (χ0) is 16.0. The summed E-state index contributed by atoms with van der Waals surface area (Å²) in [6, 6.07) is 9.72. The monoisotopic (exact) mass is 331 g/mol. The highest BCUT2D eigenvalue weighted by atomic mass is 32.2. The van der Waals surface area contributed by atoms with Gasteiger partial charge in [-0.15, -0.1) is 0 Å². The molecule has 1 aromatic carbocycles. The van der Waals surface area contributed by atoms with Crippen LogP contribution in [0.1, 0.15) is 37.7 Å². The zero-order valence-corrected chi connectivity index (χ0v) is 14.0. The van der Waals surface area contributed by atoms with Gasteiger partial charge in [0.15, 0.2) is 0 Å². The summed E-state index contributed by atoms with van der Waals surface area (Å²) in [6.45, 7) is 0. The molecule has 23 heavy (non-hydrogen) atoms. The number of benzene rings is 1. The van der Waals surface area contributed by atoms with Crippen LogP contribution in [0.4, 0.5) is 0 Å². The standard InChI is InChI=1S/C18H21NO3S/c1-22-17-8-5-12-9-13(6-7-16(12)19-17)18(20)10-14-3-2-4-15(11-18)23(14)21/h5-9,14-15,20H,2-4,10-11H2,1H3. The highest BCUT2D eigenvalue weighted by Gasteiger charge is 2.46. The maximum absolute atomic E-state index is 12.4. The Bertz CT molecular complexity index is 760. The molecule has 2 aromatic rings. The third-order valence-corrected chi connectivity index (χ3v) is 7.37. The van der Waals surface area contributed by atoms with Crippen molar-refractivity contribution in [3.8, 4) is 5.88 Å². The van der Waals surface area contributed by atoms with E-state index in [9.17, 15) is 9.32 Å². The number of aliphatic hydroxyl groups is 1. The van der Waals surface area contributed by atoms with Crippen molar-refractivity contribution in [3.63, 3.8) is 0 Å². The van der Waals surface area contributed by atoms with Gasteiger partial charge in [0.25, 0.3) is 0 Å². The minimum absolute atomic E-state index is 0.136. The molecule has 0 amide bonds. The molecule has 2 bridgehead atoms. The Hall–Kier alpha value is -1.46. The first-order valence-electron chi connectivity index (χ1n) is 8.16. The molecule has 5 heteroatoms. The lowest BCUT2D eigenvalue weighted by Gasteiger charge is -2.43. The lowest BCUT2D eigenvalue weighted by atomic mass is 9.80. The number of hydrogen-bond donors (Lipinski definition) is 1. The van der Waals surface area contributed by atoms with E-state index in [1.165, 1.54) is 0 Å². The first-order valence-corrected chi connectivity index (χ1v) is 9.44. The van der Waals surface area contributed by atoms with Gasteiger partial charge in [-0.05, 0) is 49.4 Å². The molecule has 2 saturated heterocycles. The van der Waals surface area contributed by atoms with Gasteiger partial charge in [-0.1, -0.05) is 12.5 Å². The van der Waals surface area contributed by atoms with E-state index in [2.05, 4.69) is 4.98 Å². The summed E-state index contributed by atoms with van der Waals surface area (Å²) in [5, 5.41) is 12.5. The van der Waals surface area contributed by atoms with E-state index >= 15 is 0 Å². The van der Waals surface area contributed by atoms with Gasteiger partial charge in [0.05, 0.1) is 18.2 Å². The van der Waals surface area contributed by atoms with E-state index in [1.807, 2.05) is 30.3 Å². The number of hydrogen-bond acceptors (Lipinski definition) is 4. The van der Waals surface area contributed by atoms with Crippen LogP contribution in [0.3, 0.4) is 0 Å². The van der Waals surface area contributed by atoms with Gasteiger partial charge < -0.3 is 9.84 Å². The molecule has 1 aromatic heterocycles. The minimum atomic E-state index is -0.863. The van der Waals surface area contributed by atoms with Crippen LogP contribution in [0.5, 0.6) is 5.88 Å². The molecule has 122 valence electrons. The molecule has 4 nitrogen and oxygen atoms in total. The van der Waals surface area contributed by atoms with Crippen molar-refractivity contribution in [2.45, 2.75) is 48.2 Å². The lowest BCUT2D eigenvalue weighted by molar-refractivity contribution is 0.00666. The molecule has 3 heterocycles. The van der Waals surface area contributed by atoms with Crippen molar-refractivity contribution in [3.05, 3.63) is 35.9 Å². The van der Waals surface area contributed by atoms with E-state index in [0.717, 1.165) is 35.7 Å². The molecule has 2 atom stereocenters. The smallest absolute Gasteiger partial charge is 0.213 e. The Morgan fingerprint density at radius 3 is 2.65 bits per heavy atom. The number of methoxy groups -OCH3 is 1. The van der Waals surface area contributed by atoms with Gasteiger partial charge in [-0.2, -0.15) is 0 Å². The number of ether oxygens (including phenoxy) is 1. The fourth-order valence-electron chi connectivity index (χ4n) is 4.03. The highest BCUT2D eigenvalue weighted by molar-refractivity contribution is 7.86. The van der Waals surface area contributed by atoms with Gasteiger partial charge in [0.2, 0.25) is 5.88 Å². The molecule has 0 saturated carbocycles. The van der Waals surface area contributed by atoms with Gasteiger partial charge in [-0.3, -0.25) is 4.21 Å². The van der Waals surface area contributed by atoms with E-state index < -0.39 is 16.4 Å². The van der Waals surface area contributed by atoms with Crippen molar-refractivity contribution in [2.75, 3.05) is 7.11 Å². The van der Waals surface area contributed by atoms with Crippen LogP contribution in [0.25, 0.3) is 10.9 Å². The third-order valence-electron chi connectivity index (χ3n) is 5.25. The number of fused-ring (bicyclic) bond motifs is 3. The number of pyridine rings is 1. The molecule has 2 aliphatic rings. The van der Waals surface area contributed by atoms with Crippen LogP contribution in [0.2, 0.25) is 0 Å². The topological polar surface area (TPSA) is 59.4 Å². The molecule has 1 N–H and O–H groups in total. The van der Waals surface area contributed by atoms with Gasteiger partial charge in [0, 0.05) is 32.8 Å². The van der Waals surface area contributed by atoms with Crippen LogP contribution in [-0.2, 0) is 16.4 Å². The number of aromatic nitrogens is 1. The van der Waals surface area contributed by atoms with Crippen LogP contribution < -0.4 is 4.74 Å². The van der Waals surface area contributed by atoms with E-state index in [4.69, 9.17) is 4.74 Å². The van der Waals surface area contributed by atoms with E-state index in [0.29, 0.717) is 18.7 Å². The van der Waals surface area contributed by atoms with E-state index in [1.54, 1.807) is 7.11 Å². The van der Waals surface area contributed by atoms with Crippen LogP contribution in [0.15, 0.2) is 30.3 Å². The minimum Gasteiger partial charge on any atom is -0.481 e. The average molecular weight is 331 g/mol. The molecule has 4 rings (SSSR count). The molecule has 2 fully saturated rings. The Morgan fingerprint density at radius 2 is 1.96 bits per heavy atom. The Labute approximate surface area is 138 Å². The quantitative estimate of drug-likeness (QED) is 0.919. The summed E-state index contributed by atoms with van der Waals surface area (Å²) < 4.78 is 17.5.